The van der Waals surface area contributed by atoms with Crippen molar-refractivity contribution in [2.45, 2.75) is 19.3 Å². The van der Waals surface area contributed by atoms with Gasteiger partial charge in [0.1, 0.15) is 0 Å². The minimum Gasteiger partial charge on any atom is -0.317 e. The Morgan fingerprint density at radius 3 is 2.81 bits per heavy atom. The van der Waals surface area contributed by atoms with Gasteiger partial charge in [-0.25, -0.2) is 5.48 Å². The molecular weight excluding hydrogens is 200 g/mol. The summed E-state index contributed by atoms with van der Waals surface area (Å²) in [7, 11) is 0. The smallest absolute Gasteiger partial charge is 0.0705 e. The molecule has 0 atom stereocenters. The fourth-order valence-electron chi connectivity index (χ4n) is 1.76. The van der Waals surface area contributed by atoms with Crippen molar-refractivity contribution in [2.75, 3.05) is 6.54 Å². The van der Waals surface area contributed by atoms with Gasteiger partial charge in [-0.2, -0.15) is 0 Å². The Bertz CT molecular complexity index is 456. The zero-order chi connectivity index (χ0) is 11.2. The van der Waals surface area contributed by atoms with Crippen molar-refractivity contribution in [1.29, 1.82) is 0 Å². The first-order chi connectivity index (χ1) is 7.90. The zero-order valence-corrected chi connectivity index (χ0v) is 9.19. The summed E-state index contributed by atoms with van der Waals surface area (Å²) in [5, 5.41) is 9.62. The second kappa shape index (κ2) is 5.58. The first kappa shape index (κ1) is 11.0. The van der Waals surface area contributed by atoms with Crippen LogP contribution in [0.15, 0.2) is 36.4 Å². The van der Waals surface area contributed by atoms with Crippen molar-refractivity contribution < 1.29 is 5.21 Å². The fraction of sp³-hybridized carbons (Fsp3) is 0.308. The molecule has 0 unspecified atom stereocenters. The van der Waals surface area contributed by atoms with Gasteiger partial charge in [0.25, 0.3) is 0 Å². The van der Waals surface area contributed by atoms with Crippen LogP contribution < -0.4 is 5.48 Å². The van der Waals surface area contributed by atoms with E-state index < -0.39 is 0 Å². The van der Waals surface area contributed by atoms with E-state index >= 15 is 0 Å². The van der Waals surface area contributed by atoms with Gasteiger partial charge in [-0.1, -0.05) is 24.3 Å². The van der Waals surface area contributed by atoms with E-state index in [4.69, 9.17) is 5.21 Å². The first-order valence-corrected chi connectivity index (χ1v) is 5.62. The Balaban J connectivity index is 2.02. The topological polar surface area (TPSA) is 45.1 Å². The number of pyridine rings is 1. The molecule has 1 heterocycles. The Kier molecular flexibility index (Phi) is 3.86. The zero-order valence-electron chi connectivity index (χ0n) is 9.19. The van der Waals surface area contributed by atoms with Gasteiger partial charge in [0.15, 0.2) is 0 Å². The molecule has 16 heavy (non-hydrogen) atoms. The Morgan fingerprint density at radius 1 is 1.06 bits per heavy atom. The molecule has 0 spiro atoms. The molecule has 3 heteroatoms. The fourth-order valence-corrected chi connectivity index (χ4v) is 1.76. The van der Waals surface area contributed by atoms with Crippen molar-refractivity contribution in [3.8, 4) is 0 Å². The first-order valence-electron chi connectivity index (χ1n) is 5.62. The number of hydrogen-bond donors (Lipinski definition) is 2. The van der Waals surface area contributed by atoms with Gasteiger partial charge in [0.05, 0.1) is 5.52 Å². The third-order valence-electron chi connectivity index (χ3n) is 2.63. The van der Waals surface area contributed by atoms with Crippen molar-refractivity contribution in [3.63, 3.8) is 0 Å². The van der Waals surface area contributed by atoms with E-state index in [-0.39, 0.29) is 0 Å². The summed E-state index contributed by atoms with van der Waals surface area (Å²) in [6, 6.07) is 12.3. The molecule has 2 N–H and O–H groups in total. The number of unbranched alkanes of at least 4 members (excludes halogenated alkanes) is 1. The molecular formula is C13H16N2O. The van der Waals surface area contributed by atoms with E-state index in [1.54, 1.807) is 0 Å². The second-order valence-electron chi connectivity index (χ2n) is 3.86. The number of benzene rings is 1. The summed E-state index contributed by atoms with van der Waals surface area (Å²) < 4.78 is 0. The van der Waals surface area contributed by atoms with E-state index in [2.05, 4.69) is 28.7 Å². The maximum atomic E-state index is 8.44. The highest BCUT2D eigenvalue weighted by atomic mass is 16.5. The van der Waals surface area contributed by atoms with Crippen LogP contribution in [0.3, 0.4) is 0 Å². The van der Waals surface area contributed by atoms with Crippen molar-refractivity contribution in [3.05, 3.63) is 42.1 Å². The summed E-state index contributed by atoms with van der Waals surface area (Å²) in [5.74, 6) is 0. The van der Waals surface area contributed by atoms with E-state index in [0.29, 0.717) is 6.54 Å². The lowest BCUT2D eigenvalue weighted by atomic mass is 10.1. The minimum absolute atomic E-state index is 0.646. The van der Waals surface area contributed by atoms with Gasteiger partial charge >= 0.3 is 0 Å². The van der Waals surface area contributed by atoms with Gasteiger partial charge in [-0.3, -0.25) is 4.98 Å². The van der Waals surface area contributed by atoms with E-state index in [1.165, 1.54) is 5.39 Å². The van der Waals surface area contributed by atoms with Crippen molar-refractivity contribution >= 4 is 10.9 Å². The molecule has 0 aliphatic carbocycles. The van der Waals surface area contributed by atoms with Gasteiger partial charge in [0, 0.05) is 17.6 Å². The van der Waals surface area contributed by atoms with Crippen LogP contribution in [0.25, 0.3) is 10.9 Å². The van der Waals surface area contributed by atoms with E-state index in [1.807, 2.05) is 18.2 Å². The predicted octanol–water partition coefficient (Wildman–Crippen LogP) is 2.54. The molecule has 1 aromatic carbocycles. The molecule has 3 nitrogen and oxygen atoms in total. The number of aryl methyl sites for hydroxylation is 1. The molecule has 0 saturated carbocycles. The van der Waals surface area contributed by atoms with Crippen LogP contribution in [-0.4, -0.2) is 16.7 Å². The average Bonchev–Trinajstić information content (AvgIpc) is 2.34. The number of hydroxylamine groups is 1. The molecule has 1 aromatic heterocycles. The highest BCUT2D eigenvalue weighted by molar-refractivity contribution is 5.78. The Morgan fingerprint density at radius 2 is 1.94 bits per heavy atom. The van der Waals surface area contributed by atoms with Crippen LogP contribution in [-0.2, 0) is 6.42 Å². The van der Waals surface area contributed by atoms with Crippen LogP contribution in [0, 0.1) is 0 Å². The second-order valence-corrected chi connectivity index (χ2v) is 3.86. The molecule has 2 aromatic rings. The summed E-state index contributed by atoms with van der Waals surface area (Å²) in [6.45, 7) is 0.646. The summed E-state index contributed by atoms with van der Waals surface area (Å²) in [6.07, 6.45) is 2.97. The number of fused-ring (bicyclic) bond motifs is 1. The largest absolute Gasteiger partial charge is 0.317 e. The maximum Gasteiger partial charge on any atom is 0.0705 e. The molecule has 0 radical (unpaired) electrons. The lowest BCUT2D eigenvalue weighted by Crippen LogP contribution is -2.08. The highest BCUT2D eigenvalue weighted by Crippen LogP contribution is 2.12. The quantitative estimate of drug-likeness (QED) is 0.596. The lowest BCUT2D eigenvalue weighted by molar-refractivity contribution is 0.165. The molecule has 0 aliphatic rings. The molecule has 84 valence electrons. The molecule has 0 bridgehead atoms. The van der Waals surface area contributed by atoms with Crippen LogP contribution in [0.2, 0.25) is 0 Å². The average molecular weight is 216 g/mol. The number of rotatable bonds is 5. The van der Waals surface area contributed by atoms with Gasteiger partial charge in [-0.15, -0.1) is 0 Å². The number of nitrogens with zero attached hydrogens (tertiary/aromatic N) is 1. The SMILES string of the molecule is ONCCCCc1ccc2ccccc2n1. The molecule has 0 fully saturated rings. The van der Waals surface area contributed by atoms with Crippen LogP contribution in [0.4, 0.5) is 0 Å². The third-order valence-corrected chi connectivity index (χ3v) is 2.63. The van der Waals surface area contributed by atoms with Gasteiger partial charge in [-0.05, 0) is 31.4 Å². The van der Waals surface area contributed by atoms with Crippen LogP contribution in [0.5, 0.6) is 0 Å². The molecule has 0 saturated heterocycles. The van der Waals surface area contributed by atoms with E-state index in [9.17, 15) is 0 Å². The summed E-state index contributed by atoms with van der Waals surface area (Å²) in [4.78, 5) is 4.59. The van der Waals surface area contributed by atoms with Crippen LogP contribution in [0.1, 0.15) is 18.5 Å². The lowest BCUT2D eigenvalue weighted by Gasteiger charge is -2.02. The monoisotopic (exact) mass is 216 g/mol. The highest BCUT2D eigenvalue weighted by Gasteiger charge is 1.97. The van der Waals surface area contributed by atoms with Gasteiger partial charge < -0.3 is 5.21 Å². The maximum absolute atomic E-state index is 8.44. The van der Waals surface area contributed by atoms with Gasteiger partial charge in [0.2, 0.25) is 0 Å². The Labute approximate surface area is 95.1 Å². The summed E-state index contributed by atoms with van der Waals surface area (Å²) in [5.41, 5.74) is 4.34. The standard InChI is InChI=1S/C13H16N2O/c16-14-10-4-3-6-12-9-8-11-5-1-2-7-13(11)15-12/h1-2,5,7-9,14,16H,3-4,6,10H2. The number of nitrogens with one attached hydrogen (secondary N) is 1. The summed E-state index contributed by atoms with van der Waals surface area (Å²) >= 11 is 0. The normalized spacial score (nSPS) is 10.8. The number of hydrogen-bond acceptors (Lipinski definition) is 3. The third kappa shape index (κ3) is 2.78. The van der Waals surface area contributed by atoms with Crippen LogP contribution >= 0.6 is 0 Å². The molecule has 0 aliphatic heterocycles. The van der Waals surface area contributed by atoms with Crippen molar-refractivity contribution in [2.24, 2.45) is 0 Å². The molecule has 2 rings (SSSR count). The van der Waals surface area contributed by atoms with E-state index in [0.717, 1.165) is 30.5 Å². The number of para-hydroxylation sites is 1. The predicted molar refractivity (Wildman–Crippen MR) is 64.5 cm³/mol. The molecule has 0 amide bonds. The number of aromatic nitrogens is 1. The van der Waals surface area contributed by atoms with Crippen molar-refractivity contribution in [1.82, 2.24) is 10.5 Å². The Hall–Kier alpha value is -1.45. The minimum atomic E-state index is 0.646.